The van der Waals surface area contributed by atoms with Crippen LogP contribution in [0.2, 0.25) is 0 Å². The Morgan fingerprint density at radius 3 is 2.18 bits per heavy atom. The van der Waals surface area contributed by atoms with E-state index in [-0.39, 0.29) is 12.0 Å². The lowest BCUT2D eigenvalue weighted by Crippen LogP contribution is -2.18. The average molecular weight is 297 g/mol. The van der Waals surface area contributed by atoms with Gasteiger partial charge in [0, 0.05) is 12.6 Å². The molecule has 1 N–H and O–H groups in total. The molecule has 22 heavy (non-hydrogen) atoms. The second-order valence-electron chi connectivity index (χ2n) is 5.39. The summed E-state index contributed by atoms with van der Waals surface area (Å²) in [5.74, 6) is -0.302. The average Bonchev–Trinajstić information content (AvgIpc) is 2.59. The third kappa shape index (κ3) is 4.18. The molecule has 1 unspecified atom stereocenters. The van der Waals surface area contributed by atoms with Crippen LogP contribution >= 0.6 is 0 Å². The lowest BCUT2D eigenvalue weighted by Gasteiger charge is -2.15. The predicted octanol–water partition coefficient (Wildman–Crippen LogP) is 3.89. The van der Waals surface area contributed by atoms with Crippen LogP contribution < -0.4 is 5.32 Å². The third-order valence-corrected chi connectivity index (χ3v) is 3.88. The normalized spacial score (nSPS) is 12.0. The van der Waals surface area contributed by atoms with Gasteiger partial charge >= 0.3 is 5.97 Å². The van der Waals surface area contributed by atoms with Gasteiger partial charge in [-0.25, -0.2) is 4.79 Å². The molecule has 2 aromatic rings. The fraction of sp³-hybridized carbons (Fsp3) is 0.316. The molecule has 3 heteroatoms. The zero-order valence-electron chi connectivity index (χ0n) is 13.4. The molecule has 1 atom stereocenters. The number of nitrogens with one attached hydrogen (secondary N) is 1. The molecule has 0 bridgehead atoms. The van der Waals surface area contributed by atoms with E-state index < -0.39 is 0 Å². The van der Waals surface area contributed by atoms with Crippen LogP contribution in [0.1, 0.15) is 46.9 Å². The molecule has 0 aliphatic carbocycles. The lowest BCUT2D eigenvalue weighted by molar-refractivity contribution is 0.0600. The van der Waals surface area contributed by atoms with E-state index >= 15 is 0 Å². The Balaban J connectivity index is 1.92. The fourth-order valence-corrected chi connectivity index (χ4v) is 2.31. The molecule has 2 rings (SSSR count). The minimum absolute atomic E-state index is 0.284. The van der Waals surface area contributed by atoms with E-state index in [0.29, 0.717) is 5.56 Å². The summed E-state index contributed by atoms with van der Waals surface area (Å²) in [6, 6.07) is 16.5. The van der Waals surface area contributed by atoms with Crippen molar-refractivity contribution in [3.8, 4) is 0 Å². The summed E-state index contributed by atoms with van der Waals surface area (Å²) in [7, 11) is 1.39. The second kappa shape index (κ2) is 7.76. The van der Waals surface area contributed by atoms with Crippen molar-refractivity contribution in [3.05, 3.63) is 70.8 Å². The summed E-state index contributed by atoms with van der Waals surface area (Å²) in [4.78, 5) is 11.4. The Morgan fingerprint density at radius 2 is 1.64 bits per heavy atom. The molecule has 0 spiro atoms. The van der Waals surface area contributed by atoms with Gasteiger partial charge in [0.15, 0.2) is 0 Å². The van der Waals surface area contributed by atoms with E-state index in [9.17, 15) is 4.79 Å². The van der Waals surface area contributed by atoms with Gasteiger partial charge in [-0.05, 0) is 42.2 Å². The number of ether oxygens (including phenoxy) is 1. The molecular weight excluding hydrogens is 274 g/mol. The number of methoxy groups -OCH3 is 1. The SMILES string of the molecule is CCc1ccc(C(C)NCc2ccc(C(=O)OC)cc2)cc1. The number of carbonyl (C=O) groups excluding carboxylic acids is 1. The van der Waals surface area contributed by atoms with Crippen LogP contribution in [0, 0.1) is 0 Å². The topological polar surface area (TPSA) is 38.3 Å². The van der Waals surface area contributed by atoms with Crippen molar-refractivity contribution in [2.45, 2.75) is 32.9 Å². The molecular formula is C19H23NO2. The molecule has 116 valence electrons. The maximum atomic E-state index is 11.4. The molecule has 0 saturated carbocycles. The Kier molecular flexibility index (Phi) is 5.73. The van der Waals surface area contributed by atoms with Gasteiger partial charge < -0.3 is 10.1 Å². The molecule has 0 aliphatic heterocycles. The summed E-state index contributed by atoms with van der Waals surface area (Å²) >= 11 is 0. The highest BCUT2D eigenvalue weighted by molar-refractivity contribution is 5.89. The molecule has 0 radical (unpaired) electrons. The zero-order chi connectivity index (χ0) is 15.9. The largest absolute Gasteiger partial charge is 0.465 e. The quantitative estimate of drug-likeness (QED) is 0.822. The highest BCUT2D eigenvalue weighted by Gasteiger charge is 2.07. The van der Waals surface area contributed by atoms with Crippen molar-refractivity contribution >= 4 is 5.97 Å². The van der Waals surface area contributed by atoms with Crippen LogP contribution in [0.25, 0.3) is 0 Å². The summed E-state index contributed by atoms with van der Waals surface area (Å²) in [5.41, 5.74) is 4.36. The molecule has 3 nitrogen and oxygen atoms in total. The Labute approximate surface area is 132 Å². The highest BCUT2D eigenvalue weighted by atomic mass is 16.5. The number of carbonyl (C=O) groups is 1. The maximum absolute atomic E-state index is 11.4. The number of rotatable bonds is 6. The van der Waals surface area contributed by atoms with E-state index in [4.69, 9.17) is 4.74 Å². The smallest absolute Gasteiger partial charge is 0.337 e. The van der Waals surface area contributed by atoms with Crippen LogP contribution in [0.3, 0.4) is 0 Å². The van der Waals surface area contributed by atoms with Crippen LogP contribution in [-0.2, 0) is 17.7 Å². The van der Waals surface area contributed by atoms with Crippen LogP contribution in [0.15, 0.2) is 48.5 Å². The molecule has 0 heterocycles. The number of benzene rings is 2. The van der Waals surface area contributed by atoms with Gasteiger partial charge in [-0.15, -0.1) is 0 Å². The van der Waals surface area contributed by atoms with E-state index in [0.717, 1.165) is 18.5 Å². The van der Waals surface area contributed by atoms with E-state index in [2.05, 4.69) is 43.4 Å². The number of esters is 1. The van der Waals surface area contributed by atoms with Crippen molar-refractivity contribution in [1.82, 2.24) is 5.32 Å². The summed E-state index contributed by atoms with van der Waals surface area (Å²) in [6.45, 7) is 5.08. The first-order chi connectivity index (χ1) is 10.6. The molecule has 0 aliphatic rings. The van der Waals surface area contributed by atoms with Gasteiger partial charge in [0.05, 0.1) is 12.7 Å². The monoisotopic (exact) mass is 297 g/mol. The van der Waals surface area contributed by atoms with E-state index in [1.807, 2.05) is 12.1 Å². The van der Waals surface area contributed by atoms with Crippen molar-refractivity contribution in [1.29, 1.82) is 0 Å². The Morgan fingerprint density at radius 1 is 1.05 bits per heavy atom. The fourth-order valence-electron chi connectivity index (χ4n) is 2.31. The van der Waals surface area contributed by atoms with Crippen molar-refractivity contribution in [2.75, 3.05) is 7.11 Å². The van der Waals surface area contributed by atoms with Crippen LogP contribution in [0.5, 0.6) is 0 Å². The first-order valence-corrected chi connectivity index (χ1v) is 7.63. The standard InChI is InChI=1S/C19H23NO2/c1-4-15-5-9-17(10-6-15)14(2)20-13-16-7-11-18(12-8-16)19(21)22-3/h5-12,14,20H,4,13H2,1-3H3. The van der Waals surface area contributed by atoms with E-state index in [1.165, 1.54) is 18.2 Å². The minimum atomic E-state index is -0.302. The summed E-state index contributed by atoms with van der Waals surface area (Å²) in [6.07, 6.45) is 1.06. The molecule has 0 amide bonds. The maximum Gasteiger partial charge on any atom is 0.337 e. The Hall–Kier alpha value is -2.13. The number of aryl methyl sites for hydroxylation is 1. The predicted molar refractivity (Wildman–Crippen MR) is 88.9 cm³/mol. The third-order valence-electron chi connectivity index (χ3n) is 3.88. The molecule has 0 aromatic heterocycles. The van der Waals surface area contributed by atoms with Crippen LogP contribution in [0.4, 0.5) is 0 Å². The first-order valence-electron chi connectivity index (χ1n) is 7.63. The molecule has 0 saturated heterocycles. The highest BCUT2D eigenvalue weighted by Crippen LogP contribution is 2.15. The lowest BCUT2D eigenvalue weighted by atomic mass is 10.0. The number of hydrogen-bond donors (Lipinski definition) is 1. The van der Waals surface area contributed by atoms with Gasteiger partial charge in [0.2, 0.25) is 0 Å². The van der Waals surface area contributed by atoms with Crippen molar-refractivity contribution < 1.29 is 9.53 Å². The van der Waals surface area contributed by atoms with Gasteiger partial charge in [0.25, 0.3) is 0 Å². The minimum Gasteiger partial charge on any atom is -0.465 e. The van der Waals surface area contributed by atoms with Gasteiger partial charge in [-0.1, -0.05) is 43.3 Å². The van der Waals surface area contributed by atoms with Crippen LogP contribution in [-0.4, -0.2) is 13.1 Å². The van der Waals surface area contributed by atoms with Crippen molar-refractivity contribution in [3.63, 3.8) is 0 Å². The van der Waals surface area contributed by atoms with Gasteiger partial charge in [-0.3, -0.25) is 0 Å². The Bertz CT molecular complexity index is 602. The second-order valence-corrected chi connectivity index (χ2v) is 5.39. The number of hydrogen-bond acceptors (Lipinski definition) is 3. The summed E-state index contributed by atoms with van der Waals surface area (Å²) in [5, 5.41) is 3.50. The molecule has 0 fully saturated rings. The van der Waals surface area contributed by atoms with Gasteiger partial charge in [0.1, 0.15) is 0 Å². The summed E-state index contributed by atoms with van der Waals surface area (Å²) < 4.78 is 4.70. The van der Waals surface area contributed by atoms with Gasteiger partial charge in [-0.2, -0.15) is 0 Å². The zero-order valence-corrected chi connectivity index (χ0v) is 13.4. The van der Waals surface area contributed by atoms with E-state index in [1.54, 1.807) is 12.1 Å². The molecule has 2 aromatic carbocycles. The van der Waals surface area contributed by atoms with Crippen molar-refractivity contribution in [2.24, 2.45) is 0 Å². The first kappa shape index (κ1) is 16.2.